The van der Waals surface area contributed by atoms with Gasteiger partial charge in [-0.05, 0) is 6.07 Å². The highest BCUT2D eigenvalue weighted by Crippen LogP contribution is 2.17. The van der Waals surface area contributed by atoms with Crippen LogP contribution in [0.3, 0.4) is 0 Å². The van der Waals surface area contributed by atoms with Crippen LogP contribution in [0.15, 0.2) is 17.2 Å². The Morgan fingerprint density at radius 3 is 2.26 bits per heavy atom. The number of H-pyrrole nitrogens is 1. The molecule has 0 unspecified atom stereocenters. The lowest BCUT2D eigenvalue weighted by molar-refractivity contribution is 0.150. The summed E-state index contributed by atoms with van der Waals surface area (Å²) in [6.45, 7) is 1.22. The highest BCUT2D eigenvalue weighted by molar-refractivity contribution is 7.89. The topological polar surface area (TPSA) is 71.6 Å². The van der Waals surface area contributed by atoms with Crippen LogP contribution in [0, 0.1) is 0 Å². The van der Waals surface area contributed by atoms with Crippen LogP contribution in [0.25, 0.3) is 0 Å². The molecule has 0 saturated heterocycles. The van der Waals surface area contributed by atoms with Crippen LogP contribution in [-0.2, 0) is 25.4 Å². The molecule has 0 radical (unpaired) electrons. The number of aromatic nitrogens is 1. The monoisotopic (exact) mass is 310 g/mol. The van der Waals surface area contributed by atoms with Crippen molar-refractivity contribution >= 4 is 21.6 Å². The Kier molecular flexibility index (Phi) is 6.81. The molecule has 0 atom stereocenters. The quantitative estimate of drug-likeness (QED) is 0.692. The molecule has 0 aliphatic carbocycles. The molecule has 1 aromatic heterocycles. The van der Waals surface area contributed by atoms with Crippen LogP contribution < -0.4 is 0 Å². The van der Waals surface area contributed by atoms with Crippen molar-refractivity contribution in [1.29, 1.82) is 0 Å². The third-order valence-corrected chi connectivity index (χ3v) is 4.75. The predicted octanol–water partition coefficient (Wildman–Crippen LogP) is 1.04. The molecule has 1 heterocycles. The van der Waals surface area contributed by atoms with Crippen LogP contribution >= 0.6 is 11.6 Å². The molecule has 0 amide bonds. The van der Waals surface area contributed by atoms with Gasteiger partial charge in [-0.15, -0.1) is 11.6 Å². The molecule has 1 rings (SSSR count). The van der Waals surface area contributed by atoms with E-state index < -0.39 is 10.0 Å². The maximum Gasteiger partial charge on any atom is 0.244 e. The van der Waals surface area contributed by atoms with E-state index in [1.54, 1.807) is 0 Å². The second-order valence-electron chi connectivity index (χ2n) is 3.88. The van der Waals surface area contributed by atoms with Crippen LogP contribution in [-0.4, -0.2) is 58.2 Å². The van der Waals surface area contributed by atoms with E-state index in [0.29, 0.717) is 18.9 Å². The predicted molar refractivity (Wildman–Crippen MR) is 72.9 cm³/mol. The summed E-state index contributed by atoms with van der Waals surface area (Å²) in [5.74, 6) is 0.242. The lowest BCUT2D eigenvalue weighted by Gasteiger charge is -2.20. The normalized spacial score (nSPS) is 12.2. The highest BCUT2D eigenvalue weighted by atomic mass is 35.5. The molecule has 19 heavy (non-hydrogen) atoms. The molecule has 0 bridgehead atoms. The van der Waals surface area contributed by atoms with Gasteiger partial charge in [0.2, 0.25) is 10.0 Å². The molecule has 0 aromatic carbocycles. The van der Waals surface area contributed by atoms with E-state index in [1.165, 1.54) is 30.8 Å². The minimum absolute atomic E-state index is 0.204. The zero-order valence-electron chi connectivity index (χ0n) is 11.1. The summed E-state index contributed by atoms with van der Waals surface area (Å²) >= 11 is 5.66. The minimum atomic E-state index is -3.55. The molecular weight excluding hydrogens is 292 g/mol. The van der Waals surface area contributed by atoms with Crippen molar-refractivity contribution in [2.45, 2.75) is 10.8 Å². The lowest BCUT2D eigenvalue weighted by atomic mass is 10.5. The van der Waals surface area contributed by atoms with Crippen LogP contribution in [0.5, 0.6) is 0 Å². The van der Waals surface area contributed by atoms with Crippen molar-refractivity contribution < 1.29 is 17.9 Å². The van der Waals surface area contributed by atoms with Gasteiger partial charge in [0.1, 0.15) is 0 Å². The van der Waals surface area contributed by atoms with E-state index in [9.17, 15) is 8.42 Å². The number of hydrogen-bond acceptors (Lipinski definition) is 4. The van der Waals surface area contributed by atoms with E-state index in [0.717, 1.165) is 0 Å². The lowest BCUT2D eigenvalue weighted by Crippen LogP contribution is -2.36. The molecule has 0 fully saturated rings. The minimum Gasteiger partial charge on any atom is -0.383 e. The molecule has 1 N–H and O–H groups in total. The number of methoxy groups -OCH3 is 2. The number of rotatable bonds is 9. The van der Waals surface area contributed by atoms with Gasteiger partial charge >= 0.3 is 0 Å². The molecule has 0 aliphatic rings. The first kappa shape index (κ1) is 16.5. The first-order chi connectivity index (χ1) is 9.06. The molecule has 0 aliphatic heterocycles. The number of sulfonamides is 1. The Morgan fingerprint density at radius 1 is 1.26 bits per heavy atom. The second-order valence-corrected chi connectivity index (χ2v) is 6.09. The fraction of sp³-hybridized carbons (Fsp3) is 0.636. The molecule has 6 nitrogen and oxygen atoms in total. The average Bonchev–Trinajstić information content (AvgIpc) is 2.88. The standard InChI is InChI=1S/C11H19ClN2O4S/c1-17-5-3-14(4-6-18-2)19(15,16)11-7-10(8-12)13-9-11/h7,9,13H,3-6,8H2,1-2H3. The van der Waals surface area contributed by atoms with Gasteiger partial charge in [0.05, 0.1) is 24.0 Å². The summed E-state index contributed by atoms with van der Waals surface area (Å²) < 4.78 is 36.1. The zero-order valence-corrected chi connectivity index (χ0v) is 12.6. The van der Waals surface area contributed by atoms with Gasteiger partial charge in [0.25, 0.3) is 0 Å². The first-order valence-electron chi connectivity index (χ1n) is 5.77. The largest absolute Gasteiger partial charge is 0.383 e. The first-order valence-corrected chi connectivity index (χ1v) is 7.75. The zero-order chi connectivity index (χ0) is 14.3. The van der Waals surface area contributed by atoms with Crippen molar-refractivity contribution in [2.75, 3.05) is 40.5 Å². The summed E-state index contributed by atoms with van der Waals surface area (Å²) in [6, 6.07) is 1.54. The van der Waals surface area contributed by atoms with E-state index >= 15 is 0 Å². The van der Waals surface area contributed by atoms with Crippen LogP contribution in [0.2, 0.25) is 0 Å². The third kappa shape index (κ3) is 4.47. The van der Waals surface area contributed by atoms with Crippen LogP contribution in [0.1, 0.15) is 5.69 Å². The Balaban J connectivity index is 2.90. The van der Waals surface area contributed by atoms with E-state index in [2.05, 4.69) is 4.98 Å². The SMILES string of the molecule is COCCN(CCOC)S(=O)(=O)c1c[nH]c(CCl)c1. The van der Waals surface area contributed by atoms with E-state index in [-0.39, 0.29) is 23.9 Å². The van der Waals surface area contributed by atoms with Gasteiger partial charge in [0.15, 0.2) is 0 Å². The van der Waals surface area contributed by atoms with Gasteiger partial charge in [-0.3, -0.25) is 0 Å². The van der Waals surface area contributed by atoms with Gasteiger partial charge in [-0.25, -0.2) is 8.42 Å². The Morgan fingerprint density at radius 2 is 1.84 bits per heavy atom. The Bertz CT molecular complexity index is 467. The number of ether oxygens (including phenoxy) is 2. The Labute approximate surface area is 118 Å². The molecule has 0 saturated carbocycles. The number of nitrogens with zero attached hydrogens (tertiary/aromatic N) is 1. The number of nitrogens with one attached hydrogen (secondary N) is 1. The summed E-state index contributed by atoms with van der Waals surface area (Å²) in [6.07, 6.45) is 1.44. The second kappa shape index (κ2) is 7.86. The van der Waals surface area contributed by atoms with E-state index in [1.807, 2.05) is 0 Å². The fourth-order valence-electron chi connectivity index (χ4n) is 1.53. The smallest absolute Gasteiger partial charge is 0.244 e. The summed E-state index contributed by atoms with van der Waals surface area (Å²) in [5, 5.41) is 0. The van der Waals surface area contributed by atoms with Gasteiger partial charge in [0, 0.05) is 39.2 Å². The van der Waals surface area contributed by atoms with Crippen molar-refractivity contribution in [2.24, 2.45) is 0 Å². The summed E-state index contributed by atoms with van der Waals surface area (Å²) in [5.41, 5.74) is 0.665. The maximum absolute atomic E-state index is 12.4. The van der Waals surface area contributed by atoms with Gasteiger partial charge < -0.3 is 14.5 Å². The van der Waals surface area contributed by atoms with Gasteiger partial charge in [-0.1, -0.05) is 0 Å². The molecule has 0 spiro atoms. The maximum atomic E-state index is 12.4. The van der Waals surface area contributed by atoms with E-state index in [4.69, 9.17) is 21.1 Å². The molecular formula is C11H19ClN2O4S. The third-order valence-electron chi connectivity index (χ3n) is 2.59. The number of aromatic amines is 1. The van der Waals surface area contributed by atoms with Crippen molar-refractivity contribution in [1.82, 2.24) is 9.29 Å². The number of halogens is 1. The highest BCUT2D eigenvalue weighted by Gasteiger charge is 2.25. The summed E-state index contributed by atoms with van der Waals surface area (Å²) in [7, 11) is -0.490. The average molecular weight is 311 g/mol. The summed E-state index contributed by atoms with van der Waals surface area (Å²) in [4.78, 5) is 3.03. The Hall–Kier alpha value is -0.600. The molecule has 110 valence electrons. The van der Waals surface area contributed by atoms with Crippen molar-refractivity contribution in [3.8, 4) is 0 Å². The molecule has 1 aromatic rings. The fourth-order valence-corrected chi connectivity index (χ4v) is 3.11. The number of alkyl halides is 1. The number of hydrogen-bond donors (Lipinski definition) is 1. The van der Waals surface area contributed by atoms with Crippen LogP contribution in [0.4, 0.5) is 0 Å². The van der Waals surface area contributed by atoms with Crippen molar-refractivity contribution in [3.63, 3.8) is 0 Å². The van der Waals surface area contributed by atoms with Crippen molar-refractivity contribution in [3.05, 3.63) is 18.0 Å². The van der Waals surface area contributed by atoms with Gasteiger partial charge in [-0.2, -0.15) is 4.31 Å². The molecule has 8 heteroatoms.